The molecule has 0 saturated heterocycles. The molecule has 30 radical (unpaired) electrons. The summed E-state index contributed by atoms with van der Waals surface area (Å²) in [4.78, 5) is 85.8. The van der Waals surface area contributed by atoms with Gasteiger partial charge in [-0.05, 0) is 24.9 Å². The van der Waals surface area contributed by atoms with E-state index in [1.165, 1.54) is 34.8 Å². The number of pyridine rings is 3. The summed E-state index contributed by atoms with van der Waals surface area (Å²) in [6.07, 6.45) is 18.1. The topological polar surface area (TPSA) is 304 Å². The Labute approximate surface area is 1020 Å². The number of nitrogens with one attached hydrogen (secondary N) is 1. The van der Waals surface area contributed by atoms with Gasteiger partial charge in [-0.3, -0.25) is 14.4 Å². The summed E-state index contributed by atoms with van der Waals surface area (Å²) in [6, 6.07) is 0. The number of carbonyl (C=O) groups excluding carboxylic acids is 3. The molecule has 9 aromatic heterocycles. The number of nitrogens with zero attached hydrogens (tertiary/aromatic N) is 19. The maximum absolute atomic E-state index is 11.7. The Hall–Kier alpha value is 13.9. The van der Waals surface area contributed by atoms with Crippen LogP contribution in [0.3, 0.4) is 0 Å². The van der Waals surface area contributed by atoms with Gasteiger partial charge in [0.05, 0.1) is 0 Å². The summed E-state index contributed by atoms with van der Waals surface area (Å²) in [5.41, 5.74) is 15.2. The number of imide groups is 1. The molecular weight excluding hydrogens is 2680 g/mol. The van der Waals surface area contributed by atoms with Gasteiger partial charge in [-0.1, -0.05) is 113 Å². The molecule has 0 atom stereocenters. The van der Waals surface area contributed by atoms with Crippen LogP contribution in [0.2, 0.25) is 0 Å². The Morgan fingerprint density at radius 1 is 0.419 bits per heavy atom. The standard InChI is InChI=1S/C15H14N7O2.C13H13N7O.C11H10N7.21V.9Y/c1-5-11-8(2)16-6-12-13(11)20-14(19-12)22-15(17-7-18-22)21(9(3)23)10(4)24;1-4-9-7(2)14-5-10-11(9)19-13(18-10)20-12(15-6-16-20)17-8(3)21;1-3-7-6(2)13-4-8-9(7)17-11(16-8)18-10(12)14-5-15-18;;;;;;;;;;;;;;;;;;;;;;;;;;;;;;/h5H2,1-4H3;4H2,1-3H3,(H2,14,15,16,17,18,19,21);3H2,1-2H3,(H2-,12,14,15,16,17);;;;;;;;;;;;;;;;;;;;;;;;;;;;;;/q-3;-2;-3;;;;;;;;;;;;;;;;;;;;;;;;;;;;;;/p-1. The molecule has 0 saturated carbocycles. The number of fused-ring (bicyclic) bond motifs is 3. The molecule has 0 unspecified atom stereocenters. The minimum atomic E-state index is -0.486. The summed E-state index contributed by atoms with van der Waals surface area (Å²) in [6.45, 7) is 15.7. The first-order valence-electron chi connectivity index (χ1n) is 19.2. The third-order valence-electron chi connectivity index (χ3n) is 9.36. The van der Waals surface area contributed by atoms with Crippen LogP contribution in [0.15, 0.2) is 0 Å². The normalized spacial score (nSPS) is 7.49. The molecule has 0 spiro atoms. The first kappa shape index (κ1) is 174. The molecule has 0 aliphatic carbocycles. The zero-order valence-corrected chi connectivity index (χ0v) is 105. The first-order chi connectivity index (χ1) is 30.2. The molecule has 0 aliphatic heterocycles. The van der Waals surface area contributed by atoms with Gasteiger partial charge in [-0.2, -0.15) is 0 Å². The monoisotopic (exact) mass is 2720 g/mol. The van der Waals surface area contributed by atoms with E-state index in [0.717, 1.165) is 69.0 Å². The van der Waals surface area contributed by atoms with E-state index in [4.69, 9.17) is 5.73 Å². The first-order valence-corrected chi connectivity index (χ1v) is 19.2. The van der Waals surface area contributed by atoms with E-state index < -0.39 is 11.8 Å². The SMILES string of the molecule is CCc1c(C)n[c-]c2nc(-n3n[c-]nc3N(C(C)=O)C(C)=O)[n-]c12.CCc1c(C)n[c-]c2nc(-n3n[c-]nc3N)[n-]c12.CCc1c(C)n[c-]c2nc(-n3n[c-]nc3NC(C)=O)[n-]c12.[V].[V].[V].[V].[V].[V].[V].[V].[V].[V].[V].[V].[V].[V].[V].[V].[V].[V].[V].[V].[V].[Y].[Y].[Y].[Y].[Y].[Y].[Y].[Y].[Y]. The van der Waals surface area contributed by atoms with Gasteiger partial charge in [0.25, 0.3) is 0 Å². The van der Waals surface area contributed by atoms with E-state index in [1.807, 2.05) is 34.6 Å². The van der Waals surface area contributed by atoms with Gasteiger partial charge in [0, 0.05) is 735 Å². The molecule has 3 amide bonds. The third-order valence-corrected chi connectivity index (χ3v) is 9.36. The molecule has 9 heterocycles. The number of hydrogen-bond acceptors (Lipinski definition) is 16. The van der Waals surface area contributed by atoms with Crippen LogP contribution < -0.4 is 30.9 Å². The zero-order chi connectivity index (χ0) is 45.1. The van der Waals surface area contributed by atoms with E-state index in [1.54, 1.807) is 0 Å². The van der Waals surface area contributed by atoms with Crippen molar-refractivity contribution in [2.45, 2.75) is 81.6 Å². The second-order valence-corrected chi connectivity index (χ2v) is 13.5. The molecule has 54 heteroatoms. The fourth-order valence-electron chi connectivity index (χ4n) is 6.48. The van der Waals surface area contributed by atoms with Crippen molar-refractivity contribution in [3.63, 3.8) is 0 Å². The molecule has 0 fully saturated rings. The molecule has 24 nitrogen and oxygen atoms in total. The Kier molecular flexibility index (Phi) is 168. The van der Waals surface area contributed by atoms with Crippen molar-refractivity contribution >= 4 is 68.7 Å². The minimum absolute atomic E-state index is 0. The van der Waals surface area contributed by atoms with Gasteiger partial charge in [0.1, 0.15) is 0 Å². The molecule has 9 rings (SSSR count). The van der Waals surface area contributed by atoms with Crippen LogP contribution >= 0.6 is 0 Å². The van der Waals surface area contributed by atoms with Gasteiger partial charge < -0.3 is 105 Å². The molecule has 0 aliphatic rings. The van der Waals surface area contributed by atoms with Crippen molar-refractivity contribution in [1.29, 1.82) is 0 Å². The van der Waals surface area contributed by atoms with Crippen molar-refractivity contribution in [2.75, 3.05) is 16.0 Å². The van der Waals surface area contributed by atoms with E-state index in [2.05, 4.69) is 125 Å². The van der Waals surface area contributed by atoms with Gasteiger partial charge >= 0.3 is 0 Å². The van der Waals surface area contributed by atoms with E-state index in [9.17, 15) is 14.4 Å². The number of aromatic nitrogens is 18. The average Bonchev–Trinajstić information content (AvgIpc) is 4.10. The summed E-state index contributed by atoms with van der Waals surface area (Å²) >= 11 is 0. The van der Waals surface area contributed by atoms with E-state index in [0.29, 0.717) is 34.0 Å². The summed E-state index contributed by atoms with van der Waals surface area (Å²) in [7, 11) is 0. The third kappa shape index (κ3) is 48.9. The maximum Gasteiger partial charge on any atom is 0.215 e. The van der Waals surface area contributed by atoms with Crippen LogP contribution in [-0.2, 0) is 718 Å². The Morgan fingerprint density at radius 3 is 0.968 bits per heavy atom. The fraction of sp³-hybridized carbons (Fsp3) is 0.308. The van der Waals surface area contributed by atoms with Gasteiger partial charge in [-0.25, -0.2) is 0 Å². The predicted molar refractivity (Wildman–Crippen MR) is 221 cm³/mol. The molecule has 456 valence electrons. The fourth-order valence-corrected chi connectivity index (χ4v) is 6.48. The Morgan fingerprint density at radius 2 is 0.688 bits per heavy atom. The van der Waals surface area contributed by atoms with Crippen LogP contribution in [0, 0.1) is 58.3 Å². The van der Waals surface area contributed by atoms with E-state index in [-0.39, 0.29) is 714 Å². The largest absolute Gasteiger partial charge is 0.457 e. The molecule has 9 aromatic rings. The predicted octanol–water partition coefficient (Wildman–Crippen LogP) is 1.28. The summed E-state index contributed by atoms with van der Waals surface area (Å²) < 4.78 is 3.86. The number of hydrogen-bond donors (Lipinski definition) is 2. The number of rotatable bonds is 8. The molecule has 3 N–H and O–H groups in total. The van der Waals surface area contributed by atoms with Gasteiger partial charge in [-0.15, -0.1) is 33.2 Å². The zero-order valence-electron chi connectivity index (χ0n) is 50.0. The number of aryl methyl sites for hydroxylation is 6. The van der Waals surface area contributed by atoms with Crippen molar-refractivity contribution in [1.82, 2.24) is 89.1 Å². The van der Waals surface area contributed by atoms with E-state index >= 15 is 0 Å². The van der Waals surface area contributed by atoms with Crippen molar-refractivity contribution in [2.24, 2.45) is 0 Å². The quantitative estimate of drug-likeness (QED) is 0.203. The Bertz CT molecular complexity index is 3220. The van der Waals surface area contributed by atoms with Crippen LogP contribution in [0.25, 0.3) is 50.9 Å². The second kappa shape index (κ2) is 89.8. The summed E-state index contributed by atoms with van der Waals surface area (Å²) in [5.74, 6) is 0.0444. The van der Waals surface area contributed by atoms with Crippen molar-refractivity contribution in [3.8, 4) is 17.8 Å². The minimum Gasteiger partial charge on any atom is -0.457 e. The second-order valence-electron chi connectivity index (χ2n) is 13.5. The maximum atomic E-state index is 11.7. The molecule has 0 aromatic carbocycles. The molecular formula is C39H36N21O3V21Y9-9. The number of nitrogen functional groups attached to an aromatic ring is 1. The number of nitrogens with two attached hydrogens (primary N) is 1. The summed E-state index contributed by atoms with van der Waals surface area (Å²) in [5, 5.41) is 14.2. The smallest absolute Gasteiger partial charge is 0.215 e. The van der Waals surface area contributed by atoms with Crippen molar-refractivity contribution in [3.05, 3.63) is 71.3 Å². The average molecular weight is 2720 g/mol. The number of carbonyl (C=O) groups is 3. The number of amides is 3. The molecule has 0 bridgehead atoms. The van der Waals surface area contributed by atoms with Crippen LogP contribution in [0.5, 0.6) is 0 Å². The number of imidazole rings is 3. The van der Waals surface area contributed by atoms with Crippen LogP contribution in [0.4, 0.5) is 17.8 Å². The number of anilines is 3. The van der Waals surface area contributed by atoms with Crippen LogP contribution in [0.1, 0.15) is 75.3 Å². The van der Waals surface area contributed by atoms with Gasteiger partial charge in [0.2, 0.25) is 17.7 Å². The van der Waals surface area contributed by atoms with Crippen LogP contribution in [-0.4, -0.2) is 91.9 Å². The van der Waals surface area contributed by atoms with Crippen molar-refractivity contribution < 1.29 is 698 Å². The van der Waals surface area contributed by atoms with Gasteiger partial charge in [0.15, 0.2) is 0 Å². The Balaban J connectivity index is -0.0000000302. The molecule has 93 heavy (non-hydrogen) atoms.